The third kappa shape index (κ3) is 3.83. The number of halogens is 3. The van der Waals surface area contributed by atoms with Crippen LogP contribution >= 0.6 is 0 Å². The van der Waals surface area contributed by atoms with Gasteiger partial charge in [0.1, 0.15) is 5.70 Å². The lowest BCUT2D eigenvalue weighted by Gasteiger charge is -2.21. The van der Waals surface area contributed by atoms with E-state index in [-0.39, 0.29) is 22.8 Å². The maximum Gasteiger partial charge on any atom is 0.416 e. The number of anilines is 1. The molecule has 7 N–H and O–H groups in total. The van der Waals surface area contributed by atoms with Crippen LogP contribution in [0.5, 0.6) is 0 Å². The number of nitrogens with one attached hydrogen (secondary N) is 2. The van der Waals surface area contributed by atoms with Crippen molar-refractivity contribution in [1.82, 2.24) is 0 Å². The molecule has 3 rings (SSSR count). The van der Waals surface area contributed by atoms with Crippen LogP contribution in [0.1, 0.15) is 11.1 Å². The van der Waals surface area contributed by atoms with Crippen LogP contribution in [-0.2, 0) is 6.18 Å². The predicted molar refractivity (Wildman–Crippen MR) is 98.3 cm³/mol. The van der Waals surface area contributed by atoms with Gasteiger partial charge >= 0.3 is 6.18 Å². The van der Waals surface area contributed by atoms with Gasteiger partial charge in [-0.3, -0.25) is 5.41 Å². The molecule has 0 heterocycles. The summed E-state index contributed by atoms with van der Waals surface area (Å²) in [4.78, 5) is 0. The minimum absolute atomic E-state index is 0.148. The first kappa shape index (κ1) is 19.7. The van der Waals surface area contributed by atoms with Gasteiger partial charge in [-0.05, 0) is 41.5 Å². The molecule has 0 saturated carbocycles. The zero-order valence-electron chi connectivity index (χ0n) is 14.5. The van der Waals surface area contributed by atoms with Crippen molar-refractivity contribution in [2.75, 3.05) is 5.32 Å². The summed E-state index contributed by atoms with van der Waals surface area (Å²) in [7, 11) is 0. The Labute approximate surface area is 161 Å². The van der Waals surface area contributed by atoms with Crippen molar-refractivity contribution in [3.63, 3.8) is 0 Å². The van der Waals surface area contributed by atoms with Crippen molar-refractivity contribution in [3.05, 3.63) is 76.6 Å². The van der Waals surface area contributed by atoms with E-state index in [2.05, 4.69) is 15.7 Å². The normalized spacial score (nSPS) is 14.3. The molecule has 0 fully saturated rings. The maximum absolute atomic E-state index is 12.8. The first-order valence-electron chi connectivity index (χ1n) is 7.97. The lowest BCUT2D eigenvalue weighted by atomic mass is 9.99. The molecule has 0 atom stereocenters. The molecule has 8 nitrogen and oxygen atoms in total. The molecule has 0 radical (unpaired) electrons. The molecule has 0 saturated heterocycles. The highest BCUT2D eigenvalue weighted by atomic mass is 19.4. The van der Waals surface area contributed by atoms with Gasteiger partial charge in [0.2, 0.25) is 5.76 Å². The maximum atomic E-state index is 12.8. The number of alkyl halides is 3. The van der Waals surface area contributed by atoms with E-state index in [1.807, 2.05) is 0 Å². The molecule has 1 aliphatic carbocycles. The standard InChI is InChI=1S/C18H14F3N5O3/c19-18(20,21)11-3-1-8(2-4-11)9-5-10(17(22)25-26-23)7-12(6-9)24-13-14(27)16(29)15(13)28/h1-7,24,27-29H,(H3,22,23,25). The smallest absolute Gasteiger partial charge is 0.416 e. The van der Waals surface area contributed by atoms with Crippen molar-refractivity contribution >= 4 is 11.5 Å². The van der Waals surface area contributed by atoms with Gasteiger partial charge in [0.15, 0.2) is 17.4 Å². The van der Waals surface area contributed by atoms with Gasteiger partial charge in [-0.2, -0.15) is 13.2 Å². The first-order valence-corrected chi connectivity index (χ1v) is 7.97. The number of rotatable bonds is 4. The number of hydrogen-bond donors (Lipinski definition) is 6. The Hall–Kier alpha value is -4.02. The third-order valence-corrected chi connectivity index (χ3v) is 4.10. The molecule has 2 aromatic carbocycles. The van der Waals surface area contributed by atoms with Crippen molar-refractivity contribution in [3.8, 4) is 11.1 Å². The summed E-state index contributed by atoms with van der Waals surface area (Å²) in [5.74, 6) is 2.86. The number of aliphatic hydroxyl groups excluding tert-OH is 3. The zero-order valence-corrected chi connectivity index (χ0v) is 14.5. The van der Waals surface area contributed by atoms with E-state index in [9.17, 15) is 28.5 Å². The average molecular weight is 405 g/mol. The van der Waals surface area contributed by atoms with Crippen LogP contribution in [0.3, 0.4) is 0 Å². The van der Waals surface area contributed by atoms with Crippen molar-refractivity contribution < 1.29 is 28.5 Å². The summed E-state index contributed by atoms with van der Waals surface area (Å²) in [5, 5.41) is 45.5. The zero-order chi connectivity index (χ0) is 21.3. The van der Waals surface area contributed by atoms with Gasteiger partial charge < -0.3 is 26.5 Å². The second-order valence-corrected chi connectivity index (χ2v) is 5.98. The van der Waals surface area contributed by atoms with Gasteiger partial charge in [0.25, 0.3) is 0 Å². The molecule has 0 aromatic heterocycles. The highest BCUT2D eigenvalue weighted by Gasteiger charge is 2.31. The molecule has 0 amide bonds. The summed E-state index contributed by atoms with van der Waals surface area (Å²) in [6, 6.07) is 8.81. The van der Waals surface area contributed by atoms with Gasteiger partial charge in [-0.15, -0.1) is 5.11 Å². The lowest BCUT2D eigenvalue weighted by molar-refractivity contribution is -0.137. The summed E-state index contributed by atoms with van der Waals surface area (Å²) < 4.78 is 38.4. The van der Waals surface area contributed by atoms with Crippen molar-refractivity contribution in [2.45, 2.75) is 6.18 Å². The molecule has 11 heteroatoms. The molecule has 0 bridgehead atoms. The quantitative estimate of drug-likeness (QED) is 0.145. The third-order valence-electron chi connectivity index (χ3n) is 4.10. The number of nitrogens with two attached hydrogens (primary N) is 1. The Bertz CT molecular complexity index is 1070. The minimum Gasteiger partial charge on any atom is -0.503 e. The van der Waals surface area contributed by atoms with E-state index in [4.69, 9.17) is 11.3 Å². The van der Waals surface area contributed by atoms with Crippen LogP contribution in [0.25, 0.3) is 11.1 Å². The topological polar surface area (TPSA) is 147 Å². The fourth-order valence-electron chi connectivity index (χ4n) is 2.63. The largest absolute Gasteiger partial charge is 0.503 e. The van der Waals surface area contributed by atoms with Crippen LogP contribution in [0.4, 0.5) is 18.9 Å². The molecule has 0 aliphatic heterocycles. The summed E-state index contributed by atoms with van der Waals surface area (Å²) in [6.07, 6.45) is -4.48. The Morgan fingerprint density at radius 3 is 2.14 bits per heavy atom. The van der Waals surface area contributed by atoms with Crippen LogP contribution < -0.4 is 11.2 Å². The number of nitrogens with zero attached hydrogens (tertiary/aromatic N) is 2. The van der Waals surface area contributed by atoms with E-state index >= 15 is 0 Å². The van der Waals surface area contributed by atoms with Crippen molar-refractivity contribution in [1.29, 1.82) is 5.41 Å². The molecular formula is C18H14F3N5O3. The number of benzene rings is 2. The van der Waals surface area contributed by atoms with Gasteiger partial charge in [0.05, 0.1) is 5.56 Å². The van der Waals surface area contributed by atoms with Crippen molar-refractivity contribution in [2.24, 2.45) is 16.2 Å². The Morgan fingerprint density at radius 2 is 1.59 bits per heavy atom. The predicted octanol–water partition coefficient (Wildman–Crippen LogP) is 4.55. The fourth-order valence-corrected chi connectivity index (χ4v) is 2.63. The highest BCUT2D eigenvalue weighted by molar-refractivity contribution is 5.99. The van der Waals surface area contributed by atoms with E-state index in [1.54, 1.807) is 0 Å². The minimum atomic E-state index is -4.48. The number of aliphatic hydroxyl groups is 3. The Kier molecular flexibility index (Phi) is 4.89. The van der Waals surface area contributed by atoms with E-state index in [0.29, 0.717) is 11.1 Å². The molecular weight excluding hydrogens is 391 g/mol. The Balaban J connectivity index is 2.02. The molecule has 2 aromatic rings. The average Bonchev–Trinajstić information content (AvgIpc) is 2.70. The molecule has 29 heavy (non-hydrogen) atoms. The van der Waals surface area contributed by atoms with E-state index in [0.717, 1.165) is 12.1 Å². The summed E-state index contributed by atoms with van der Waals surface area (Å²) in [6.45, 7) is 0. The van der Waals surface area contributed by atoms with Crippen LogP contribution in [0, 0.1) is 5.41 Å². The Morgan fingerprint density at radius 1 is 0.931 bits per heavy atom. The number of amidine groups is 1. The SMILES string of the molecule is N=C(N=NN)c1cc(NC2=C(O)C(O)=C2O)cc(-c2ccc(C(F)(F)F)cc2)c1. The monoisotopic (exact) mass is 405 g/mol. The highest BCUT2D eigenvalue weighted by Crippen LogP contribution is 2.34. The second-order valence-electron chi connectivity index (χ2n) is 5.98. The number of hydrogen-bond acceptors (Lipinski definition) is 6. The van der Waals surface area contributed by atoms with Crippen LogP contribution in [0.2, 0.25) is 0 Å². The van der Waals surface area contributed by atoms with Gasteiger partial charge in [0, 0.05) is 11.3 Å². The molecule has 0 spiro atoms. The van der Waals surface area contributed by atoms with E-state index in [1.165, 1.54) is 30.3 Å². The first-order chi connectivity index (χ1) is 13.6. The molecule has 0 unspecified atom stereocenters. The van der Waals surface area contributed by atoms with Crippen LogP contribution in [-0.4, -0.2) is 21.2 Å². The fraction of sp³-hybridized carbons (Fsp3) is 0.0556. The van der Waals surface area contributed by atoms with Gasteiger partial charge in [-0.25, -0.2) is 0 Å². The van der Waals surface area contributed by atoms with E-state index < -0.39 is 29.0 Å². The molecule has 150 valence electrons. The lowest BCUT2D eigenvalue weighted by Crippen LogP contribution is -2.18. The molecule has 1 aliphatic rings. The second kappa shape index (κ2) is 7.19. The van der Waals surface area contributed by atoms with Gasteiger partial charge in [-0.1, -0.05) is 17.4 Å². The summed E-state index contributed by atoms with van der Waals surface area (Å²) in [5.41, 5.74) is 0.347. The van der Waals surface area contributed by atoms with Crippen LogP contribution in [0.15, 0.2) is 75.8 Å². The summed E-state index contributed by atoms with van der Waals surface area (Å²) >= 11 is 0.